The molecule has 12 heavy (non-hydrogen) atoms. The van der Waals surface area contributed by atoms with E-state index in [2.05, 4.69) is 4.98 Å². The highest BCUT2D eigenvalue weighted by atomic mass is 16.5. The average molecular weight is 160 g/mol. The van der Waals surface area contributed by atoms with Crippen LogP contribution < -0.4 is 4.74 Å². The quantitative estimate of drug-likeness (QED) is 0.638. The molecule has 0 unspecified atom stereocenters. The lowest BCUT2D eigenvalue weighted by molar-refractivity contribution is 0.415. The largest absolute Gasteiger partial charge is 0.497 e. The monoisotopic (exact) mass is 160 g/mol. The normalized spacial score (nSPS) is 11.2. The number of hydrogen-bond donors (Lipinski definition) is 0. The van der Waals surface area contributed by atoms with Crippen molar-refractivity contribution < 1.29 is 6.11 Å². The van der Waals surface area contributed by atoms with Crippen molar-refractivity contribution in [2.45, 2.75) is 0 Å². The molecule has 2 rings (SSSR count). The SMILES string of the molecule is [2H]c1ccnc2ccc(OC)cc12. The predicted octanol–water partition coefficient (Wildman–Crippen LogP) is 2.24. The molecule has 0 aliphatic carbocycles. The molecule has 2 heteroatoms. The minimum Gasteiger partial charge on any atom is -0.497 e. The van der Waals surface area contributed by atoms with Crippen LogP contribution in [0, 0.1) is 0 Å². The van der Waals surface area contributed by atoms with Gasteiger partial charge in [-0.25, -0.2) is 0 Å². The minimum absolute atomic E-state index is 0.476. The Morgan fingerprint density at radius 3 is 3.25 bits per heavy atom. The van der Waals surface area contributed by atoms with Crippen LogP contribution in [-0.2, 0) is 0 Å². The Morgan fingerprint density at radius 2 is 2.42 bits per heavy atom. The number of aromatic nitrogens is 1. The smallest absolute Gasteiger partial charge is 0.119 e. The third-order valence-corrected chi connectivity index (χ3v) is 1.73. The second-order valence-corrected chi connectivity index (χ2v) is 2.47. The van der Waals surface area contributed by atoms with Crippen LogP contribution in [-0.4, -0.2) is 12.1 Å². The van der Waals surface area contributed by atoms with Gasteiger partial charge < -0.3 is 4.74 Å². The lowest BCUT2D eigenvalue weighted by Crippen LogP contribution is -1.82. The predicted molar refractivity (Wildman–Crippen MR) is 48.3 cm³/mol. The fourth-order valence-electron chi connectivity index (χ4n) is 1.11. The second kappa shape index (κ2) is 2.81. The van der Waals surface area contributed by atoms with E-state index in [-0.39, 0.29) is 0 Å². The first-order valence-electron chi connectivity index (χ1n) is 4.20. The van der Waals surface area contributed by atoms with Gasteiger partial charge in [-0.15, -0.1) is 0 Å². The van der Waals surface area contributed by atoms with Gasteiger partial charge in [0.2, 0.25) is 0 Å². The van der Waals surface area contributed by atoms with Crippen molar-refractivity contribution in [1.29, 1.82) is 0 Å². The van der Waals surface area contributed by atoms with Gasteiger partial charge in [-0.1, -0.05) is 6.04 Å². The second-order valence-electron chi connectivity index (χ2n) is 2.47. The minimum atomic E-state index is 0.476. The first kappa shape index (κ1) is 6.00. The summed E-state index contributed by atoms with van der Waals surface area (Å²) in [4.78, 5) is 4.14. The van der Waals surface area contributed by atoms with E-state index in [0.717, 1.165) is 16.7 Å². The highest BCUT2D eigenvalue weighted by molar-refractivity contribution is 5.79. The van der Waals surface area contributed by atoms with Gasteiger partial charge in [0, 0.05) is 11.6 Å². The first-order chi connectivity index (χ1) is 6.31. The van der Waals surface area contributed by atoms with Gasteiger partial charge in [-0.3, -0.25) is 4.98 Å². The molecule has 2 aromatic rings. The fraction of sp³-hybridized carbons (Fsp3) is 0.100. The van der Waals surface area contributed by atoms with Crippen LogP contribution >= 0.6 is 0 Å². The number of benzene rings is 1. The molecule has 0 aliphatic rings. The maximum Gasteiger partial charge on any atom is 0.119 e. The summed E-state index contributed by atoms with van der Waals surface area (Å²) in [6, 6.07) is 7.66. The lowest BCUT2D eigenvalue weighted by atomic mass is 10.2. The molecule has 0 bridgehead atoms. The van der Waals surface area contributed by atoms with Gasteiger partial charge in [0.1, 0.15) is 5.75 Å². The van der Waals surface area contributed by atoms with E-state index in [9.17, 15) is 0 Å². The molecule has 60 valence electrons. The van der Waals surface area contributed by atoms with Gasteiger partial charge in [-0.2, -0.15) is 0 Å². The number of nitrogens with zero attached hydrogens (tertiary/aromatic N) is 1. The van der Waals surface area contributed by atoms with Gasteiger partial charge in [0.15, 0.2) is 0 Å². The van der Waals surface area contributed by atoms with E-state index in [1.165, 1.54) is 0 Å². The van der Waals surface area contributed by atoms with E-state index >= 15 is 0 Å². The van der Waals surface area contributed by atoms with Crippen molar-refractivity contribution in [2.24, 2.45) is 0 Å². The zero-order valence-electron chi connectivity index (χ0n) is 7.74. The van der Waals surface area contributed by atoms with Crippen LogP contribution in [0.3, 0.4) is 0 Å². The van der Waals surface area contributed by atoms with Gasteiger partial charge >= 0.3 is 0 Å². The van der Waals surface area contributed by atoms with Crippen molar-refractivity contribution in [3.05, 3.63) is 36.5 Å². The number of ether oxygens (including phenoxy) is 1. The summed E-state index contributed by atoms with van der Waals surface area (Å²) in [5.74, 6) is 0.758. The van der Waals surface area contributed by atoms with Crippen LogP contribution in [0.15, 0.2) is 36.5 Å². The number of methoxy groups -OCH3 is 1. The van der Waals surface area contributed by atoms with Crippen molar-refractivity contribution >= 4 is 10.9 Å². The molecule has 0 fully saturated rings. The van der Waals surface area contributed by atoms with E-state index < -0.39 is 0 Å². The molecule has 0 spiro atoms. The van der Waals surface area contributed by atoms with E-state index in [0.29, 0.717) is 6.04 Å². The molecule has 0 atom stereocenters. The van der Waals surface area contributed by atoms with Crippen LogP contribution in [0.2, 0.25) is 0 Å². The van der Waals surface area contributed by atoms with E-state index in [1.54, 1.807) is 19.4 Å². The van der Waals surface area contributed by atoms with Crippen LogP contribution in [0.25, 0.3) is 10.9 Å². The van der Waals surface area contributed by atoms with Crippen LogP contribution in [0.5, 0.6) is 5.75 Å². The van der Waals surface area contributed by atoms with Crippen molar-refractivity contribution in [1.82, 2.24) is 4.98 Å². The number of rotatable bonds is 1. The van der Waals surface area contributed by atoms with Gasteiger partial charge in [0.05, 0.1) is 14.0 Å². The zero-order chi connectivity index (χ0) is 9.26. The molecule has 0 saturated heterocycles. The number of hydrogen-bond acceptors (Lipinski definition) is 2. The average Bonchev–Trinajstić information content (AvgIpc) is 2.18. The molecule has 0 amide bonds. The third kappa shape index (κ3) is 1.11. The maximum absolute atomic E-state index is 7.64. The topological polar surface area (TPSA) is 22.1 Å². The highest BCUT2D eigenvalue weighted by Crippen LogP contribution is 2.17. The Morgan fingerprint density at radius 1 is 1.50 bits per heavy atom. The van der Waals surface area contributed by atoms with Crippen molar-refractivity contribution in [3.63, 3.8) is 0 Å². The third-order valence-electron chi connectivity index (χ3n) is 1.73. The first-order valence-corrected chi connectivity index (χ1v) is 3.70. The molecule has 1 aromatic carbocycles. The Labute approximate surface area is 72.2 Å². The molecular formula is C10H9NO. The summed E-state index contributed by atoms with van der Waals surface area (Å²) in [6.45, 7) is 0. The van der Waals surface area contributed by atoms with Gasteiger partial charge in [0.25, 0.3) is 0 Å². The van der Waals surface area contributed by atoms with Crippen LogP contribution in [0.1, 0.15) is 1.37 Å². The van der Waals surface area contributed by atoms with Gasteiger partial charge in [-0.05, 0) is 24.3 Å². The molecule has 1 aromatic heterocycles. The Hall–Kier alpha value is -1.57. The van der Waals surface area contributed by atoms with E-state index in [1.807, 2.05) is 18.2 Å². The molecule has 0 aliphatic heterocycles. The Kier molecular flexibility index (Phi) is 1.41. The highest BCUT2D eigenvalue weighted by Gasteiger charge is 1.94. The summed E-state index contributed by atoms with van der Waals surface area (Å²) < 4.78 is 12.7. The lowest BCUT2D eigenvalue weighted by Gasteiger charge is -2.00. The van der Waals surface area contributed by atoms with Crippen LogP contribution in [0.4, 0.5) is 0 Å². The molecule has 0 saturated carbocycles. The summed E-state index contributed by atoms with van der Waals surface area (Å²) in [5, 5.41) is 0.821. The van der Waals surface area contributed by atoms with Crippen molar-refractivity contribution in [2.75, 3.05) is 7.11 Å². The molecule has 2 nitrogen and oxygen atoms in total. The molecule has 0 N–H and O–H groups in total. The number of pyridine rings is 1. The van der Waals surface area contributed by atoms with E-state index in [4.69, 9.17) is 6.11 Å². The molecule has 1 heterocycles. The maximum atomic E-state index is 7.64. The summed E-state index contributed by atoms with van der Waals surface area (Å²) >= 11 is 0. The summed E-state index contributed by atoms with van der Waals surface area (Å²) in [6.07, 6.45) is 1.64. The summed E-state index contributed by atoms with van der Waals surface area (Å²) in [7, 11) is 1.61. The Bertz CT molecular complexity index is 442. The number of fused-ring (bicyclic) bond motifs is 1. The molecule has 0 radical (unpaired) electrons. The zero-order valence-corrected chi connectivity index (χ0v) is 6.74. The summed E-state index contributed by atoms with van der Waals surface area (Å²) in [5.41, 5.74) is 0.827. The molecular weight excluding hydrogens is 150 g/mol. The standard InChI is InChI=1S/C10H9NO/c1-12-9-4-5-10-8(7-9)3-2-6-11-10/h2-7H,1H3/i3D. The van der Waals surface area contributed by atoms with Crippen molar-refractivity contribution in [3.8, 4) is 5.75 Å². The fourth-order valence-corrected chi connectivity index (χ4v) is 1.11. The Balaban J connectivity index is 2.74.